The van der Waals surface area contributed by atoms with Gasteiger partial charge in [-0.15, -0.1) is 0 Å². The molecule has 0 saturated carbocycles. The third kappa shape index (κ3) is 1.81. The molecule has 0 aliphatic carbocycles. The molecule has 4 nitrogen and oxygen atoms in total. The normalized spacial score (nSPS) is 31.4. The molecule has 0 amide bonds. The molecule has 0 bridgehead atoms. The number of ether oxygens (including phenoxy) is 2. The van der Waals surface area contributed by atoms with E-state index in [1.807, 2.05) is 0 Å². The van der Waals surface area contributed by atoms with Crippen LogP contribution in [0.25, 0.3) is 0 Å². The molecule has 0 aromatic carbocycles. The Morgan fingerprint density at radius 2 is 2.07 bits per heavy atom. The molecular formula is C10H16O4. The Labute approximate surface area is 83.5 Å². The fraction of sp³-hybridized carbons (Fsp3) is 0.700. The monoisotopic (exact) mass is 200 g/mol. The zero-order valence-electron chi connectivity index (χ0n) is 8.96. The number of carbonyl (C=O) groups is 1. The smallest absolute Gasteiger partial charge is 0.193 e. The maximum atomic E-state index is 11.6. The minimum Gasteiger partial charge on any atom is -0.509 e. The first-order chi connectivity index (χ1) is 6.32. The van der Waals surface area contributed by atoms with Gasteiger partial charge in [-0.3, -0.25) is 4.79 Å². The van der Waals surface area contributed by atoms with Crippen molar-refractivity contribution in [3.05, 3.63) is 11.8 Å². The molecule has 1 aliphatic heterocycles. The highest BCUT2D eigenvalue weighted by Crippen LogP contribution is 2.31. The SMILES string of the molecule is COCC1(C)OC(C)(C)C(O)=CC1=O. The van der Waals surface area contributed by atoms with E-state index < -0.39 is 11.2 Å². The number of carbonyl (C=O) groups excluding carboxylic acids is 1. The lowest BCUT2D eigenvalue weighted by molar-refractivity contribution is -0.175. The van der Waals surface area contributed by atoms with Crippen LogP contribution in [-0.4, -0.2) is 35.8 Å². The minimum absolute atomic E-state index is 0.0453. The average molecular weight is 200 g/mol. The second-order valence-electron chi connectivity index (χ2n) is 4.17. The number of ketones is 1. The summed E-state index contributed by atoms with van der Waals surface area (Å²) in [5.41, 5.74) is -1.83. The molecule has 0 fully saturated rings. The van der Waals surface area contributed by atoms with E-state index in [1.165, 1.54) is 13.2 Å². The molecule has 0 saturated heterocycles. The molecule has 0 aromatic rings. The van der Waals surface area contributed by atoms with Crippen LogP contribution in [0.4, 0.5) is 0 Å². The quantitative estimate of drug-likeness (QED) is 0.728. The van der Waals surface area contributed by atoms with Gasteiger partial charge in [0.25, 0.3) is 0 Å². The van der Waals surface area contributed by atoms with Gasteiger partial charge in [0, 0.05) is 13.2 Å². The van der Waals surface area contributed by atoms with Gasteiger partial charge in [-0.1, -0.05) is 0 Å². The van der Waals surface area contributed by atoms with Crippen LogP contribution in [-0.2, 0) is 14.3 Å². The van der Waals surface area contributed by atoms with Gasteiger partial charge in [0.15, 0.2) is 11.4 Å². The summed E-state index contributed by atoms with van der Waals surface area (Å²) in [5, 5.41) is 9.48. The highest BCUT2D eigenvalue weighted by Gasteiger charge is 2.44. The van der Waals surface area contributed by atoms with Gasteiger partial charge < -0.3 is 14.6 Å². The summed E-state index contributed by atoms with van der Waals surface area (Å²) >= 11 is 0. The fourth-order valence-electron chi connectivity index (χ4n) is 1.49. The summed E-state index contributed by atoms with van der Waals surface area (Å²) in [5.74, 6) is -0.313. The average Bonchev–Trinajstić information content (AvgIpc) is 2.01. The van der Waals surface area contributed by atoms with Crippen molar-refractivity contribution >= 4 is 5.78 Å². The van der Waals surface area contributed by atoms with E-state index in [4.69, 9.17) is 9.47 Å². The summed E-state index contributed by atoms with van der Waals surface area (Å²) in [4.78, 5) is 11.6. The van der Waals surface area contributed by atoms with Crippen molar-refractivity contribution in [3.8, 4) is 0 Å². The van der Waals surface area contributed by atoms with Crippen LogP contribution < -0.4 is 0 Å². The molecule has 4 heteroatoms. The summed E-state index contributed by atoms with van der Waals surface area (Å²) in [7, 11) is 1.51. The van der Waals surface area contributed by atoms with Crippen LogP contribution in [0, 0.1) is 0 Å². The Morgan fingerprint density at radius 3 is 2.57 bits per heavy atom. The highest BCUT2D eigenvalue weighted by atomic mass is 16.6. The maximum absolute atomic E-state index is 11.6. The van der Waals surface area contributed by atoms with Gasteiger partial charge >= 0.3 is 0 Å². The van der Waals surface area contributed by atoms with Crippen LogP contribution in [0.1, 0.15) is 20.8 Å². The topological polar surface area (TPSA) is 55.8 Å². The Hall–Kier alpha value is -0.870. The van der Waals surface area contributed by atoms with Crippen LogP contribution in [0.5, 0.6) is 0 Å². The summed E-state index contributed by atoms with van der Waals surface area (Å²) in [6.07, 6.45) is 1.21. The van der Waals surface area contributed by atoms with E-state index in [0.29, 0.717) is 0 Å². The summed E-state index contributed by atoms with van der Waals surface area (Å²) in [6.45, 7) is 5.25. The lowest BCUT2D eigenvalue weighted by atomic mass is 9.92. The van der Waals surface area contributed by atoms with Gasteiger partial charge in [-0.05, 0) is 20.8 Å². The lowest BCUT2D eigenvalue weighted by Crippen LogP contribution is -2.52. The number of aliphatic hydroxyl groups excluding tert-OH is 1. The molecule has 1 unspecified atom stereocenters. The zero-order chi connectivity index (χ0) is 11.0. The number of methoxy groups -OCH3 is 1. The van der Waals surface area contributed by atoms with E-state index >= 15 is 0 Å². The van der Waals surface area contributed by atoms with E-state index in [2.05, 4.69) is 0 Å². The Bertz CT molecular complexity index is 280. The second-order valence-corrected chi connectivity index (χ2v) is 4.17. The van der Waals surface area contributed by atoms with Crippen molar-refractivity contribution in [2.75, 3.05) is 13.7 Å². The first-order valence-electron chi connectivity index (χ1n) is 4.46. The fourth-order valence-corrected chi connectivity index (χ4v) is 1.49. The molecule has 80 valence electrons. The first kappa shape index (κ1) is 11.2. The van der Waals surface area contributed by atoms with E-state index in [9.17, 15) is 9.90 Å². The van der Waals surface area contributed by atoms with Gasteiger partial charge in [0.2, 0.25) is 0 Å². The first-order valence-corrected chi connectivity index (χ1v) is 4.46. The largest absolute Gasteiger partial charge is 0.509 e. The van der Waals surface area contributed by atoms with Crippen LogP contribution >= 0.6 is 0 Å². The van der Waals surface area contributed by atoms with Crippen molar-refractivity contribution < 1.29 is 19.4 Å². The Balaban J connectivity index is 3.00. The van der Waals surface area contributed by atoms with Crippen LogP contribution in [0.15, 0.2) is 11.8 Å². The second kappa shape index (κ2) is 3.37. The van der Waals surface area contributed by atoms with Crippen molar-refractivity contribution in [1.82, 2.24) is 0 Å². The molecule has 14 heavy (non-hydrogen) atoms. The Morgan fingerprint density at radius 1 is 1.50 bits per heavy atom. The molecule has 0 spiro atoms. The molecular weight excluding hydrogens is 184 g/mol. The standard InChI is InChI=1S/C10H16O4/c1-9(2)7(11)5-8(12)10(3,14-9)6-13-4/h5,11H,6H2,1-4H3. The molecule has 1 N–H and O–H groups in total. The highest BCUT2D eigenvalue weighted by molar-refractivity contribution is 5.98. The molecule has 1 heterocycles. The van der Waals surface area contributed by atoms with Gasteiger partial charge in [-0.25, -0.2) is 0 Å². The lowest BCUT2D eigenvalue weighted by Gasteiger charge is -2.39. The summed E-state index contributed by atoms with van der Waals surface area (Å²) < 4.78 is 10.5. The third-order valence-electron chi connectivity index (χ3n) is 2.31. The number of hydrogen-bond donors (Lipinski definition) is 1. The summed E-state index contributed by atoms with van der Waals surface area (Å²) in [6, 6.07) is 0. The Kier molecular flexibility index (Phi) is 2.69. The van der Waals surface area contributed by atoms with E-state index in [1.54, 1.807) is 20.8 Å². The third-order valence-corrected chi connectivity index (χ3v) is 2.31. The molecule has 1 rings (SSSR count). The van der Waals surface area contributed by atoms with Crippen LogP contribution in [0.3, 0.4) is 0 Å². The van der Waals surface area contributed by atoms with Gasteiger partial charge in [-0.2, -0.15) is 0 Å². The van der Waals surface area contributed by atoms with Crippen molar-refractivity contribution in [2.24, 2.45) is 0 Å². The number of rotatable bonds is 2. The van der Waals surface area contributed by atoms with Crippen molar-refractivity contribution in [2.45, 2.75) is 32.0 Å². The van der Waals surface area contributed by atoms with E-state index in [-0.39, 0.29) is 18.1 Å². The van der Waals surface area contributed by atoms with Crippen LogP contribution in [0.2, 0.25) is 0 Å². The predicted octanol–water partition coefficient (Wildman–Crippen LogP) is 1.21. The van der Waals surface area contributed by atoms with Crippen molar-refractivity contribution in [1.29, 1.82) is 0 Å². The molecule has 0 radical (unpaired) electrons. The minimum atomic E-state index is -0.996. The van der Waals surface area contributed by atoms with E-state index in [0.717, 1.165) is 0 Å². The molecule has 0 aromatic heterocycles. The number of hydrogen-bond acceptors (Lipinski definition) is 4. The molecule has 1 atom stereocenters. The van der Waals surface area contributed by atoms with Gasteiger partial charge in [0.05, 0.1) is 6.61 Å². The zero-order valence-corrected chi connectivity index (χ0v) is 8.96. The molecule has 1 aliphatic rings. The maximum Gasteiger partial charge on any atom is 0.193 e. The van der Waals surface area contributed by atoms with Gasteiger partial charge in [0.1, 0.15) is 11.4 Å². The number of aliphatic hydroxyl groups is 1. The van der Waals surface area contributed by atoms with Crippen molar-refractivity contribution in [3.63, 3.8) is 0 Å². The predicted molar refractivity (Wildman–Crippen MR) is 51.2 cm³/mol.